The number of likely N-dealkylation sites (tertiary alicyclic amines) is 1. The fraction of sp³-hybridized carbons (Fsp3) is 0.632. The Morgan fingerprint density at radius 2 is 1.96 bits per heavy atom. The van der Waals surface area contributed by atoms with Gasteiger partial charge in [-0.05, 0) is 37.3 Å². The van der Waals surface area contributed by atoms with E-state index in [0.29, 0.717) is 6.54 Å². The van der Waals surface area contributed by atoms with Crippen LogP contribution in [0.3, 0.4) is 0 Å². The predicted molar refractivity (Wildman–Crippen MR) is 98.6 cm³/mol. The molecule has 2 aliphatic heterocycles. The van der Waals surface area contributed by atoms with Gasteiger partial charge in [0, 0.05) is 33.2 Å². The molecule has 1 aromatic carbocycles. The Labute approximate surface area is 155 Å². The van der Waals surface area contributed by atoms with Crippen molar-refractivity contribution in [2.75, 3.05) is 33.2 Å². The van der Waals surface area contributed by atoms with Crippen LogP contribution in [0.4, 0.5) is 4.39 Å². The first-order chi connectivity index (χ1) is 11.5. The van der Waals surface area contributed by atoms with Gasteiger partial charge in [-0.3, -0.25) is 4.79 Å². The molecule has 0 aliphatic carbocycles. The lowest BCUT2D eigenvalue weighted by Crippen LogP contribution is -2.60. The van der Waals surface area contributed by atoms with Crippen molar-refractivity contribution in [2.45, 2.75) is 44.3 Å². The van der Waals surface area contributed by atoms with Crippen LogP contribution in [-0.2, 0) is 16.0 Å². The minimum atomic E-state index is -0.297. The zero-order chi connectivity index (χ0) is 17.2. The third kappa shape index (κ3) is 4.52. The van der Waals surface area contributed by atoms with Crippen LogP contribution in [0.5, 0.6) is 0 Å². The van der Waals surface area contributed by atoms with E-state index in [1.807, 2.05) is 31.0 Å². The summed E-state index contributed by atoms with van der Waals surface area (Å²) in [5.74, 6) is -0.0161. The third-order valence-corrected chi connectivity index (χ3v) is 5.36. The number of morpholine rings is 1. The molecule has 0 saturated carbocycles. The molecule has 0 unspecified atom stereocenters. The molecule has 2 aliphatic rings. The molecule has 0 N–H and O–H groups in total. The van der Waals surface area contributed by atoms with Crippen LogP contribution in [0, 0.1) is 5.82 Å². The van der Waals surface area contributed by atoms with Gasteiger partial charge in [-0.2, -0.15) is 0 Å². The molecule has 1 aromatic rings. The standard InChI is InChI=1S/C19H27FN2O2.ClH/c1-3-17-18(23)21(2)14-19(24-17)9-12-22(13-10-19)11-8-15-6-4-5-7-16(15)20;/h4-7,17H,3,8-14H2,1-2H3;1H/t17-;/m1./s1. The average molecular weight is 371 g/mol. The quantitative estimate of drug-likeness (QED) is 0.817. The molecule has 6 heteroatoms. The van der Waals surface area contributed by atoms with Crippen molar-refractivity contribution in [3.05, 3.63) is 35.6 Å². The number of piperidine rings is 1. The SMILES string of the molecule is CC[C@H]1OC2(CCN(CCc3ccccc3F)CC2)CN(C)C1=O.Cl. The minimum Gasteiger partial charge on any atom is -0.360 e. The van der Waals surface area contributed by atoms with Gasteiger partial charge >= 0.3 is 0 Å². The van der Waals surface area contributed by atoms with E-state index in [4.69, 9.17) is 4.74 Å². The van der Waals surface area contributed by atoms with Crippen molar-refractivity contribution >= 4 is 18.3 Å². The molecular weight excluding hydrogens is 343 g/mol. The summed E-state index contributed by atoms with van der Waals surface area (Å²) in [6.45, 7) is 5.42. The van der Waals surface area contributed by atoms with Gasteiger partial charge in [-0.25, -0.2) is 4.39 Å². The molecule has 25 heavy (non-hydrogen) atoms. The van der Waals surface area contributed by atoms with Gasteiger partial charge in [0.2, 0.25) is 0 Å². The summed E-state index contributed by atoms with van der Waals surface area (Å²) < 4.78 is 19.9. The van der Waals surface area contributed by atoms with E-state index < -0.39 is 0 Å². The van der Waals surface area contributed by atoms with Crippen LogP contribution in [0.15, 0.2) is 24.3 Å². The van der Waals surface area contributed by atoms with Gasteiger partial charge in [0.25, 0.3) is 5.91 Å². The number of likely N-dealkylation sites (N-methyl/N-ethyl adjacent to an activating group) is 1. The van der Waals surface area contributed by atoms with Gasteiger partial charge in [-0.15, -0.1) is 12.4 Å². The summed E-state index contributed by atoms with van der Waals surface area (Å²) in [5, 5.41) is 0. The number of carbonyl (C=O) groups is 1. The molecule has 140 valence electrons. The van der Waals surface area contributed by atoms with E-state index in [9.17, 15) is 9.18 Å². The number of ether oxygens (including phenoxy) is 1. The number of nitrogens with zero attached hydrogens (tertiary/aromatic N) is 2. The molecule has 2 fully saturated rings. The van der Waals surface area contributed by atoms with Crippen LogP contribution in [0.2, 0.25) is 0 Å². The molecular formula is C19H28ClFN2O2. The minimum absolute atomic E-state index is 0. The normalized spacial score (nSPS) is 23.6. The zero-order valence-electron chi connectivity index (χ0n) is 15.0. The molecule has 0 radical (unpaired) electrons. The van der Waals surface area contributed by atoms with E-state index in [1.54, 1.807) is 6.07 Å². The van der Waals surface area contributed by atoms with E-state index >= 15 is 0 Å². The molecule has 1 spiro atoms. The van der Waals surface area contributed by atoms with Crippen molar-refractivity contribution in [2.24, 2.45) is 0 Å². The number of rotatable bonds is 4. The van der Waals surface area contributed by atoms with Crippen molar-refractivity contribution < 1.29 is 13.9 Å². The fourth-order valence-corrected chi connectivity index (χ4v) is 3.84. The number of halogens is 2. The topological polar surface area (TPSA) is 32.8 Å². The highest BCUT2D eigenvalue weighted by Crippen LogP contribution is 2.33. The smallest absolute Gasteiger partial charge is 0.251 e. The lowest BCUT2D eigenvalue weighted by atomic mass is 9.88. The number of amides is 1. The van der Waals surface area contributed by atoms with Crippen molar-refractivity contribution in [1.82, 2.24) is 9.80 Å². The second-order valence-electron chi connectivity index (χ2n) is 7.08. The van der Waals surface area contributed by atoms with Gasteiger partial charge in [0.1, 0.15) is 11.9 Å². The van der Waals surface area contributed by atoms with E-state index in [0.717, 1.165) is 50.9 Å². The number of carbonyl (C=O) groups excluding carboxylic acids is 1. The maximum atomic E-state index is 13.7. The summed E-state index contributed by atoms with van der Waals surface area (Å²) in [5.41, 5.74) is 0.584. The molecule has 1 atom stereocenters. The third-order valence-electron chi connectivity index (χ3n) is 5.36. The summed E-state index contributed by atoms with van der Waals surface area (Å²) in [7, 11) is 1.87. The second-order valence-corrected chi connectivity index (χ2v) is 7.08. The van der Waals surface area contributed by atoms with E-state index in [1.165, 1.54) is 6.07 Å². The maximum Gasteiger partial charge on any atom is 0.251 e. The average Bonchev–Trinajstić information content (AvgIpc) is 2.59. The van der Waals surface area contributed by atoms with Crippen molar-refractivity contribution in [3.63, 3.8) is 0 Å². The summed E-state index contributed by atoms with van der Waals surface area (Å²) in [6, 6.07) is 6.99. The largest absolute Gasteiger partial charge is 0.360 e. The van der Waals surface area contributed by atoms with Gasteiger partial charge < -0.3 is 14.5 Å². The Bertz CT molecular complexity index is 591. The molecule has 2 heterocycles. The van der Waals surface area contributed by atoms with Gasteiger partial charge in [0.05, 0.1) is 5.60 Å². The van der Waals surface area contributed by atoms with Crippen molar-refractivity contribution in [1.29, 1.82) is 0 Å². The predicted octanol–water partition coefficient (Wildman–Crippen LogP) is 2.89. The fourth-order valence-electron chi connectivity index (χ4n) is 3.84. The first-order valence-corrected chi connectivity index (χ1v) is 8.91. The summed E-state index contributed by atoms with van der Waals surface area (Å²) in [6.07, 6.45) is 3.02. The lowest BCUT2D eigenvalue weighted by Gasteiger charge is -2.48. The number of hydrogen-bond acceptors (Lipinski definition) is 3. The van der Waals surface area contributed by atoms with E-state index in [2.05, 4.69) is 4.90 Å². The number of hydrogen-bond donors (Lipinski definition) is 0. The molecule has 4 nitrogen and oxygen atoms in total. The molecule has 0 bridgehead atoms. The summed E-state index contributed by atoms with van der Waals surface area (Å²) in [4.78, 5) is 16.3. The van der Waals surface area contributed by atoms with Crippen LogP contribution in [0.25, 0.3) is 0 Å². The van der Waals surface area contributed by atoms with Crippen LogP contribution >= 0.6 is 12.4 Å². The highest BCUT2D eigenvalue weighted by molar-refractivity contribution is 5.85. The Morgan fingerprint density at radius 1 is 1.28 bits per heavy atom. The highest BCUT2D eigenvalue weighted by Gasteiger charge is 2.44. The molecule has 3 rings (SSSR count). The van der Waals surface area contributed by atoms with Gasteiger partial charge in [0.15, 0.2) is 0 Å². The summed E-state index contributed by atoms with van der Waals surface area (Å²) >= 11 is 0. The Kier molecular flexibility index (Phi) is 6.83. The molecule has 2 saturated heterocycles. The first kappa shape index (κ1) is 20.1. The highest BCUT2D eigenvalue weighted by atomic mass is 35.5. The lowest BCUT2D eigenvalue weighted by molar-refractivity contribution is -0.190. The Hall–Kier alpha value is -1.17. The molecule has 1 amide bonds. The van der Waals surface area contributed by atoms with Crippen LogP contribution in [-0.4, -0.2) is 60.6 Å². The number of benzene rings is 1. The Morgan fingerprint density at radius 3 is 2.60 bits per heavy atom. The molecule has 0 aromatic heterocycles. The zero-order valence-corrected chi connectivity index (χ0v) is 15.9. The van der Waals surface area contributed by atoms with Gasteiger partial charge in [-0.1, -0.05) is 25.1 Å². The van der Waals surface area contributed by atoms with Crippen LogP contribution in [0.1, 0.15) is 31.7 Å². The monoisotopic (exact) mass is 370 g/mol. The van der Waals surface area contributed by atoms with Crippen LogP contribution < -0.4 is 0 Å². The van der Waals surface area contributed by atoms with E-state index in [-0.39, 0.29) is 35.8 Å². The second kappa shape index (κ2) is 8.47. The maximum absolute atomic E-state index is 13.7. The Balaban J connectivity index is 0.00000225. The van der Waals surface area contributed by atoms with Crippen molar-refractivity contribution in [3.8, 4) is 0 Å². The first-order valence-electron chi connectivity index (χ1n) is 8.91.